The van der Waals surface area contributed by atoms with E-state index in [1.54, 1.807) is 30.0 Å². The van der Waals surface area contributed by atoms with E-state index in [9.17, 15) is 4.39 Å². The highest BCUT2D eigenvalue weighted by Crippen LogP contribution is 2.28. The molecule has 3 rings (SSSR count). The second kappa shape index (κ2) is 6.91. The third-order valence-corrected chi connectivity index (χ3v) is 5.12. The number of aromatic nitrogens is 3. The van der Waals surface area contributed by atoms with Crippen LogP contribution >= 0.6 is 35.0 Å². The molecule has 23 heavy (non-hydrogen) atoms. The summed E-state index contributed by atoms with van der Waals surface area (Å²) in [7, 11) is 1.88. The summed E-state index contributed by atoms with van der Waals surface area (Å²) in [5.74, 6) is 1.12. The van der Waals surface area contributed by atoms with E-state index < -0.39 is 0 Å². The molecule has 7 heteroatoms. The quantitative estimate of drug-likeness (QED) is 0.592. The molecule has 0 unspecified atom stereocenters. The average molecular weight is 368 g/mol. The van der Waals surface area contributed by atoms with Crippen LogP contribution in [0.5, 0.6) is 0 Å². The van der Waals surface area contributed by atoms with E-state index >= 15 is 0 Å². The molecule has 0 aliphatic carbocycles. The summed E-state index contributed by atoms with van der Waals surface area (Å²) in [6.07, 6.45) is 0. The van der Waals surface area contributed by atoms with Crippen molar-refractivity contribution in [1.82, 2.24) is 14.8 Å². The fraction of sp³-hybridized carbons (Fsp3) is 0.125. The van der Waals surface area contributed by atoms with E-state index in [0.29, 0.717) is 21.6 Å². The monoisotopic (exact) mass is 367 g/mol. The van der Waals surface area contributed by atoms with Gasteiger partial charge >= 0.3 is 0 Å². The molecule has 0 saturated carbocycles. The Morgan fingerprint density at radius 1 is 1.04 bits per heavy atom. The van der Waals surface area contributed by atoms with Gasteiger partial charge in [-0.2, -0.15) is 0 Å². The fourth-order valence-corrected chi connectivity index (χ4v) is 3.24. The Hall–Kier alpha value is -1.56. The van der Waals surface area contributed by atoms with Crippen LogP contribution in [0.1, 0.15) is 5.56 Å². The maximum atomic E-state index is 13.0. The summed E-state index contributed by atoms with van der Waals surface area (Å²) >= 11 is 13.5. The van der Waals surface area contributed by atoms with Crippen molar-refractivity contribution in [3.63, 3.8) is 0 Å². The Kier molecular flexibility index (Phi) is 4.90. The lowest BCUT2D eigenvalue weighted by Crippen LogP contribution is -1.95. The van der Waals surface area contributed by atoms with Gasteiger partial charge in [0.25, 0.3) is 0 Å². The first-order valence-electron chi connectivity index (χ1n) is 6.76. The maximum absolute atomic E-state index is 13.0. The van der Waals surface area contributed by atoms with Gasteiger partial charge in [0.15, 0.2) is 11.0 Å². The largest absolute Gasteiger partial charge is 0.305 e. The molecule has 2 aromatic carbocycles. The van der Waals surface area contributed by atoms with Crippen LogP contribution in [0.15, 0.2) is 47.6 Å². The molecule has 1 aromatic heterocycles. The summed E-state index contributed by atoms with van der Waals surface area (Å²) in [5.41, 5.74) is 1.87. The molecule has 0 atom stereocenters. The van der Waals surface area contributed by atoms with E-state index in [1.165, 1.54) is 12.1 Å². The van der Waals surface area contributed by atoms with Gasteiger partial charge in [0, 0.05) is 18.4 Å². The Balaban J connectivity index is 1.76. The Labute approximate surface area is 147 Å². The number of benzene rings is 2. The molecule has 0 amide bonds. The van der Waals surface area contributed by atoms with Crippen molar-refractivity contribution in [3.8, 4) is 11.4 Å². The van der Waals surface area contributed by atoms with Crippen molar-refractivity contribution in [2.45, 2.75) is 10.9 Å². The maximum Gasteiger partial charge on any atom is 0.191 e. The Morgan fingerprint density at radius 3 is 2.48 bits per heavy atom. The highest BCUT2D eigenvalue weighted by molar-refractivity contribution is 7.98. The number of hydrogen-bond acceptors (Lipinski definition) is 3. The number of halogens is 3. The molecule has 3 nitrogen and oxygen atoms in total. The first-order chi connectivity index (χ1) is 11.0. The molecule has 0 saturated heterocycles. The van der Waals surface area contributed by atoms with Crippen molar-refractivity contribution in [2.75, 3.05) is 0 Å². The van der Waals surface area contributed by atoms with E-state index in [0.717, 1.165) is 16.3 Å². The molecule has 0 radical (unpaired) electrons. The van der Waals surface area contributed by atoms with Crippen molar-refractivity contribution in [3.05, 3.63) is 63.9 Å². The first-order valence-corrected chi connectivity index (χ1v) is 8.51. The number of rotatable bonds is 4. The highest BCUT2D eigenvalue weighted by atomic mass is 35.5. The normalized spacial score (nSPS) is 11.0. The van der Waals surface area contributed by atoms with Crippen molar-refractivity contribution in [2.24, 2.45) is 7.05 Å². The third kappa shape index (κ3) is 3.68. The molecule has 118 valence electrons. The molecular formula is C16H12Cl2FN3S. The first kappa shape index (κ1) is 16.3. The smallest absolute Gasteiger partial charge is 0.191 e. The van der Waals surface area contributed by atoms with Gasteiger partial charge in [-0.05, 0) is 42.0 Å². The van der Waals surface area contributed by atoms with Crippen LogP contribution < -0.4 is 0 Å². The SMILES string of the molecule is Cn1c(SCc2ccc(Cl)c(Cl)c2)nnc1-c1ccc(F)cc1. The Morgan fingerprint density at radius 2 is 1.78 bits per heavy atom. The zero-order valence-electron chi connectivity index (χ0n) is 12.1. The van der Waals surface area contributed by atoms with Gasteiger partial charge in [0.05, 0.1) is 10.0 Å². The zero-order chi connectivity index (χ0) is 16.4. The van der Waals surface area contributed by atoms with E-state index in [-0.39, 0.29) is 5.82 Å². The summed E-state index contributed by atoms with van der Waals surface area (Å²) in [4.78, 5) is 0. The molecule has 3 aromatic rings. The molecule has 0 fully saturated rings. The standard InChI is InChI=1S/C16H12Cl2FN3S/c1-22-15(11-3-5-12(19)6-4-11)20-21-16(22)23-9-10-2-7-13(17)14(18)8-10/h2-8H,9H2,1H3. The molecular weight excluding hydrogens is 356 g/mol. The summed E-state index contributed by atoms with van der Waals surface area (Å²) < 4.78 is 14.9. The topological polar surface area (TPSA) is 30.7 Å². The van der Waals surface area contributed by atoms with Crippen LogP contribution in [0.25, 0.3) is 11.4 Å². The molecule has 0 spiro atoms. The average Bonchev–Trinajstić information content (AvgIpc) is 2.90. The van der Waals surface area contributed by atoms with Crippen molar-refractivity contribution in [1.29, 1.82) is 0 Å². The van der Waals surface area contributed by atoms with Crippen LogP contribution in [-0.4, -0.2) is 14.8 Å². The van der Waals surface area contributed by atoms with Crippen molar-refractivity contribution < 1.29 is 4.39 Å². The summed E-state index contributed by atoms with van der Waals surface area (Å²) in [6, 6.07) is 11.7. The van der Waals surface area contributed by atoms with Crippen LogP contribution in [0.4, 0.5) is 4.39 Å². The summed E-state index contributed by atoms with van der Waals surface area (Å²) in [5, 5.41) is 10.2. The number of hydrogen-bond donors (Lipinski definition) is 0. The van der Waals surface area contributed by atoms with Gasteiger partial charge in [-0.15, -0.1) is 10.2 Å². The Bertz CT molecular complexity index is 834. The van der Waals surface area contributed by atoms with E-state index in [2.05, 4.69) is 10.2 Å². The van der Waals surface area contributed by atoms with E-state index in [4.69, 9.17) is 23.2 Å². The fourth-order valence-electron chi connectivity index (χ4n) is 2.07. The predicted molar refractivity (Wildman–Crippen MR) is 92.4 cm³/mol. The molecule has 0 bridgehead atoms. The summed E-state index contributed by atoms with van der Waals surface area (Å²) in [6.45, 7) is 0. The number of thioether (sulfide) groups is 1. The molecule has 0 N–H and O–H groups in total. The second-order valence-electron chi connectivity index (χ2n) is 4.91. The third-order valence-electron chi connectivity index (χ3n) is 3.29. The highest BCUT2D eigenvalue weighted by Gasteiger charge is 2.11. The zero-order valence-corrected chi connectivity index (χ0v) is 14.5. The number of nitrogens with zero attached hydrogens (tertiary/aromatic N) is 3. The van der Waals surface area contributed by atoms with Crippen LogP contribution in [0.2, 0.25) is 10.0 Å². The van der Waals surface area contributed by atoms with Gasteiger partial charge in [-0.1, -0.05) is 41.0 Å². The molecule has 0 aliphatic heterocycles. The predicted octanol–water partition coefficient (Wildman–Crippen LogP) is 5.22. The van der Waals surface area contributed by atoms with Crippen LogP contribution in [-0.2, 0) is 12.8 Å². The van der Waals surface area contributed by atoms with Crippen molar-refractivity contribution >= 4 is 35.0 Å². The molecule has 1 heterocycles. The lowest BCUT2D eigenvalue weighted by Gasteiger charge is -2.05. The minimum Gasteiger partial charge on any atom is -0.305 e. The van der Waals surface area contributed by atoms with Gasteiger partial charge in [-0.3, -0.25) is 0 Å². The minimum atomic E-state index is -0.273. The van der Waals surface area contributed by atoms with Gasteiger partial charge in [0.1, 0.15) is 5.82 Å². The molecule has 0 aliphatic rings. The second-order valence-corrected chi connectivity index (χ2v) is 6.67. The van der Waals surface area contributed by atoms with Crippen LogP contribution in [0.3, 0.4) is 0 Å². The van der Waals surface area contributed by atoms with Gasteiger partial charge in [-0.25, -0.2) is 4.39 Å². The lowest BCUT2D eigenvalue weighted by molar-refractivity contribution is 0.628. The van der Waals surface area contributed by atoms with Gasteiger partial charge in [0.2, 0.25) is 0 Å². The lowest BCUT2D eigenvalue weighted by atomic mass is 10.2. The van der Waals surface area contributed by atoms with E-state index in [1.807, 2.05) is 23.7 Å². The van der Waals surface area contributed by atoms with Gasteiger partial charge < -0.3 is 4.57 Å². The minimum absolute atomic E-state index is 0.273. The van der Waals surface area contributed by atoms with Crippen LogP contribution in [0, 0.1) is 5.82 Å².